The van der Waals surface area contributed by atoms with Crippen molar-refractivity contribution in [2.24, 2.45) is 23.7 Å². The summed E-state index contributed by atoms with van der Waals surface area (Å²) in [5.41, 5.74) is 1.33. The lowest BCUT2D eigenvalue weighted by Gasteiger charge is -2.38. The van der Waals surface area contributed by atoms with E-state index in [4.69, 9.17) is 4.74 Å². The minimum atomic E-state index is -0.250. The molecule has 0 spiro atoms. The van der Waals surface area contributed by atoms with Gasteiger partial charge in [-0.3, -0.25) is 0 Å². The first-order valence-corrected chi connectivity index (χ1v) is 12.5. The van der Waals surface area contributed by atoms with Gasteiger partial charge in [-0.05, 0) is 92.1 Å². The van der Waals surface area contributed by atoms with Crippen LogP contribution in [0.5, 0.6) is 5.75 Å². The number of benzene rings is 2. The van der Waals surface area contributed by atoms with Gasteiger partial charge >= 0.3 is 0 Å². The Hall–Kier alpha value is -1.83. The highest BCUT2D eigenvalue weighted by molar-refractivity contribution is 5.85. The van der Waals surface area contributed by atoms with E-state index in [2.05, 4.69) is 24.8 Å². The molecule has 4 rings (SSSR count). The molecule has 2 aromatic rings. The standard InChI is InChI=1S/C29H39FO/c1-3-4-5-21-8-13-24(14-9-21)25-15-10-22(11-16-25)6-7-23-12-18-27-26(20-23)17-19-28(31-2)29(27)30/h3,12,17-22,24-25H,1,4-11,13-16H2,2H3. The lowest BCUT2D eigenvalue weighted by Crippen LogP contribution is -2.26. The third-order valence-corrected chi connectivity index (χ3v) is 8.27. The van der Waals surface area contributed by atoms with E-state index in [0.29, 0.717) is 11.1 Å². The van der Waals surface area contributed by atoms with Crippen molar-refractivity contribution in [3.63, 3.8) is 0 Å². The van der Waals surface area contributed by atoms with Crippen molar-refractivity contribution in [2.75, 3.05) is 7.11 Å². The molecule has 1 nitrogen and oxygen atoms in total. The second kappa shape index (κ2) is 10.7. The first-order valence-electron chi connectivity index (χ1n) is 12.5. The van der Waals surface area contributed by atoms with Gasteiger partial charge in [-0.25, -0.2) is 4.39 Å². The molecule has 0 amide bonds. The van der Waals surface area contributed by atoms with Crippen molar-refractivity contribution in [1.82, 2.24) is 0 Å². The van der Waals surface area contributed by atoms with Crippen LogP contribution in [0.15, 0.2) is 43.0 Å². The Morgan fingerprint density at radius 2 is 1.55 bits per heavy atom. The molecule has 31 heavy (non-hydrogen) atoms. The number of hydrogen-bond donors (Lipinski definition) is 0. The third-order valence-electron chi connectivity index (χ3n) is 8.27. The molecular weight excluding hydrogens is 383 g/mol. The quantitative estimate of drug-likeness (QED) is 0.387. The molecule has 0 N–H and O–H groups in total. The number of hydrogen-bond acceptors (Lipinski definition) is 1. The summed E-state index contributed by atoms with van der Waals surface area (Å²) in [6.07, 6.45) is 18.5. The van der Waals surface area contributed by atoms with Crippen molar-refractivity contribution in [3.05, 3.63) is 54.4 Å². The molecule has 0 aromatic heterocycles. The van der Waals surface area contributed by atoms with Crippen LogP contribution in [0.1, 0.15) is 76.2 Å². The lowest BCUT2D eigenvalue weighted by molar-refractivity contribution is 0.141. The maximum absolute atomic E-state index is 14.4. The Kier molecular flexibility index (Phi) is 7.69. The van der Waals surface area contributed by atoms with Crippen LogP contribution in [0.3, 0.4) is 0 Å². The van der Waals surface area contributed by atoms with Crippen LogP contribution in [-0.2, 0) is 6.42 Å². The van der Waals surface area contributed by atoms with Crippen LogP contribution in [0.25, 0.3) is 10.8 Å². The molecule has 2 fully saturated rings. The summed E-state index contributed by atoms with van der Waals surface area (Å²) >= 11 is 0. The fourth-order valence-corrected chi connectivity index (χ4v) is 6.26. The fraction of sp³-hybridized carbons (Fsp3) is 0.586. The first-order chi connectivity index (χ1) is 15.2. The summed E-state index contributed by atoms with van der Waals surface area (Å²) < 4.78 is 19.5. The molecular formula is C29H39FO. The van der Waals surface area contributed by atoms with Gasteiger partial charge in [0.05, 0.1) is 7.11 Å². The fourth-order valence-electron chi connectivity index (χ4n) is 6.26. The van der Waals surface area contributed by atoms with Crippen LogP contribution in [0.4, 0.5) is 4.39 Å². The normalized spacial score (nSPS) is 26.6. The van der Waals surface area contributed by atoms with E-state index < -0.39 is 0 Å². The maximum atomic E-state index is 14.4. The summed E-state index contributed by atoms with van der Waals surface area (Å²) in [6, 6.07) is 9.88. The molecule has 0 unspecified atom stereocenters. The van der Waals surface area contributed by atoms with Crippen molar-refractivity contribution in [2.45, 2.75) is 77.0 Å². The number of halogens is 1. The summed E-state index contributed by atoms with van der Waals surface area (Å²) in [5.74, 6) is 3.87. The van der Waals surface area contributed by atoms with E-state index in [9.17, 15) is 4.39 Å². The highest BCUT2D eigenvalue weighted by Gasteiger charge is 2.30. The largest absolute Gasteiger partial charge is 0.494 e. The van der Waals surface area contributed by atoms with E-state index in [1.807, 2.05) is 12.1 Å². The molecule has 0 atom stereocenters. The SMILES string of the molecule is C=CCCC1CCC(C2CCC(CCc3ccc4c(F)c(OC)ccc4c3)CC2)CC1. The van der Waals surface area contributed by atoms with Crippen molar-refractivity contribution in [3.8, 4) is 5.75 Å². The van der Waals surface area contributed by atoms with Gasteiger partial charge in [0.15, 0.2) is 11.6 Å². The number of ether oxygens (including phenoxy) is 1. The van der Waals surface area contributed by atoms with Gasteiger partial charge in [0.2, 0.25) is 0 Å². The zero-order valence-corrected chi connectivity index (χ0v) is 19.3. The Balaban J connectivity index is 1.23. The second-order valence-electron chi connectivity index (χ2n) is 10.1. The lowest BCUT2D eigenvalue weighted by atomic mass is 9.68. The molecule has 2 aliphatic rings. The summed E-state index contributed by atoms with van der Waals surface area (Å²) in [5, 5.41) is 1.63. The van der Waals surface area contributed by atoms with Gasteiger partial charge in [-0.2, -0.15) is 0 Å². The molecule has 0 saturated heterocycles. The van der Waals surface area contributed by atoms with Gasteiger partial charge in [-0.1, -0.05) is 56.0 Å². The average Bonchev–Trinajstić information content (AvgIpc) is 2.82. The smallest absolute Gasteiger partial charge is 0.172 e. The van der Waals surface area contributed by atoms with E-state index in [0.717, 1.165) is 35.5 Å². The van der Waals surface area contributed by atoms with Crippen LogP contribution < -0.4 is 4.74 Å². The van der Waals surface area contributed by atoms with Gasteiger partial charge in [-0.15, -0.1) is 6.58 Å². The van der Waals surface area contributed by atoms with Gasteiger partial charge in [0.25, 0.3) is 0 Å². The monoisotopic (exact) mass is 422 g/mol. The highest BCUT2D eigenvalue weighted by Crippen LogP contribution is 2.43. The van der Waals surface area contributed by atoms with E-state index in [1.54, 1.807) is 6.07 Å². The number of aryl methyl sites for hydroxylation is 1. The topological polar surface area (TPSA) is 9.23 Å². The van der Waals surface area contributed by atoms with Gasteiger partial charge < -0.3 is 4.74 Å². The Morgan fingerprint density at radius 1 is 0.903 bits per heavy atom. The molecule has 0 heterocycles. The minimum absolute atomic E-state index is 0.250. The van der Waals surface area contributed by atoms with E-state index in [1.165, 1.54) is 83.3 Å². The predicted molar refractivity (Wildman–Crippen MR) is 129 cm³/mol. The third kappa shape index (κ3) is 5.51. The molecule has 0 aliphatic heterocycles. The van der Waals surface area contributed by atoms with Crippen LogP contribution in [0, 0.1) is 29.5 Å². The number of methoxy groups -OCH3 is 1. The molecule has 2 heteroatoms. The number of rotatable bonds is 8. The Bertz CT molecular complexity index is 856. The molecule has 168 valence electrons. The summed E-state index contributed by atoms with van der Waals surface area (Å²) in [4.78, 5) is 0. The summed E-state index contributed by atoms with van der Waals surface area (Å²) in [7, 11) is 1.52. The van der Waals surface area contributed by atoms with Crippen molar-refractivity contribution < 1.29 is 9.13 Å². The highest BCUT2D eigenvalue weighted by atomic mass is 19.1. The van der Waals surface area contributed by atoms with Crippen molar-refractivity contribution in [1.29, 1.82) is 0 Å². The van der Waals surface area contributed by atoms with E-state index >= 15 is 0 Å². The van der Waals surface area contributed by atoms with E-state index in [-0.39, 0.29) is 5.82 Å². The number of fused-ring (bicyclic) bond motifs is 1. The predicted octanol–water partition coefficient (Wildman–Crippen LogP) is 8.50. The van der Waals surface area contributed by atoms with Crippen LogP contribution in [0.2, 0.25) is 0 Å². The zero-order chi connectivity index (χ0) is 21.6. The van der Waals surface area contributed by atoms with Crippen LogP contribution in [-0.4, -0.2) is 7.11 Å². The molecule has 2 aromatic carbocycles. The van der Waals surface area contributed by atoms with Gasteiger partial charge in [0.1, 0.15) is 0 Å². The summed E-state index contributed by atoms with van der Waals surface area (Å²) in [6.45, 7) is 3.88. The Labute approximate surface area is 188 Å². The molecule has 0 bridgehead atoms. The van der Waals surface area contributed by atoms with Crippen LogP contribution >= 0.6 is 0 Å². The van der Waals surface area contributed by atoms with Gasteiger partial charge in [0, 0.05) is 5.39 Å². The Morgan fingerprint density at radius 3 is 2.16 bits per heavy atom. The second-order valence-corrected chi connectivity index (χ2v) is 10.1. The maximum Gasteiger partial charge on any atom is 0.172 e. The average molecular weight is 423 g/mol. The first kappa shape index (κ1) is 22.4. The minimum Gasteiger partial charge on any atom is -0.494 e. The molecule has 2 aliphatic carbocycles. The van der Waals surface area contributed by atoms with Crippen molar-refractivity contribution >= 4 is 10.8 Å². The zero-order valence-electron chi connectivity index (χ0n) is 19.3. The number of allylic oxidation sites excluding steroid dienone is 1. The molecule has 2 saturated carbocycles. The molecule has 0 radical (unpaired) electrons.